The van der Waals surface area contributed by atoms with Crippen molar-refractivity contribution in [1.29, 1.82) is 0 Å². The van der Waals surface area contributed by atoms with Crippen LogP contribution >= 0.6 is 0 Å². The average Bonchev–Trinajstić information content (AvgIpc) is 3.11. The Morgan fingerprint density at radius 1 is 1.03 bits per heavy atom. The minimum absolute atomic E-state index is 0.462. The molecule has 2 saturated heterocycles. The highest BCUT2D eigenvalue weighted by Gasteiger charge is 2.27. The minimum Gasteiger partial charge on any atom is -0.462 e. The van der Waals surface area contributed by atoms with Crippen LogP contribution in [-0.4, -0.2) is 73.8 Å². The molecule has 4 heterocycles. The second-order valence-corrected chi connectivity index (χ2v) is 9.39. The zero-order valence-electron chi connectivity index (χ0n) is 19.5. The highest BCUT2D eigenvalue weighted by atomic mass is 16.5. The van der Waals surface area contributed by atoms with E-state index in [1.807, 2.05) is 0 Å². The maximum atomic E-state index is 6.24. The molecule has 2 aromatic rings. The summed E-state index contributed by atoms with van der Waals surface area (Å²) >= 11 is 0. The van der Waals surface area contributed by atoms with Crippen molar-refractivity contribution in [3.8, 4) is 6.01 Å². The van der Waals surface area contributed by atoms with Gasteiger partial charge in [0, 0.05) is 50.0 Å². The van der Waals surface area contributed by atoms with Crippen LogP contribution in [0.5, 0.6) is 6.01 Å². The summed E-state index contributed by atoms with van der Waals surface area (Å²) in [4.78, 5) is 17.3. The molecule has 0 saturated carbocycles. The molecule has 0 radical (unpaired) electrons. The lowest BCUT2D eigenvalue weighted by atomic mass is 10.1. The predicted octanol–water partition coefficient (Wildman–Crippen LogP) is 2.62. The third kappa shape index (κ3) is 4.55. The first-order valence-electron chi connectivity index (χ1n) is 12.2. The van der Waals surface area contributed by atoms with Gasteiger partial charge in [0.05, 0.1) is 12.2 Å². The predicted molar refractivity (Wildman–Crippen MR) is 129 cm³/mol. The minimum atomic E-state index is 0.462. The molecule has 172 valence electrons. The van der Waals surface area contributed by atoms with Crippen molar-refractivity contribution in [3.05, 3.63) is 41.1 Å². The van der Waals surface area contributed by atoms with Gasteiger partial charge in [0.1, 0.15) is 12.4 Å². The van der Waals surface area contributed by atoms with Gasteiger partial charge in [-0.2, -0.15) is 9.97 Å². The lowest BCUT2D eigenvalue weighted by Gasteiger charge is -2.31. The van der Waals surface area contributed by atoms with Crippen LogP contribution in [-0.2, 0) is 13.0 Å². The molecular formula is C25H36N6O. The molecule has 5 rings (SSSR count). The fourth-order valence-corrected chi connectivity index (χ4v) is 5.28. The van der Waals surface area contributed by atoms with Crippen molar-refractivity contribution >= 4 is 11.5 Å². The van der Waals surface area contributed by atoms with Gasteiger partial charge in [-0.3, -0.25) is 0 Å². The second kappa shape index (κ2) is 9.63. The van der Waals surface area contributed by atoms with Crippen LogP contribution in [0.3, 0.4) is 0 Å². The number of likely N-dealkylation sites (N-methyl/N-ethyl adjacent to an activating group) is 1. The zero-order valence-corrected chi connectivity index (χ0v) is 19.5. The summed E-state index contributed by atoms with van der Waals surface area (Å²) < 4.78 is 6.24. The number of para-hydroxylation sites is 1. The van der Waals surface area contributed by atoms with E-state index in [1.165, 1.54) is 29.7 Å². The van der Waals surface area contributed by atoms with Crippen LogP contribution in [0.2, 0.25) is 0 Å². The molecular weight excluding hydrogens is 400 g/mol. The highest BCUT2D eigenvalue weighted by molar-refractivity contribution is 5.56. The summed E-state index contributed by atoms with van der Waals surface area (Å²) in [7, 11) is 2.19. The second-order valence-electron chi connectivity index (χ2n) is 9.39. The Labute approximate surface area is 191 Å². The van der Waals surface area contributed by atoms with Gasteiger partial charge in [-0.15, -0.1) is 0 Å². The number of fused-ring (bicyclic) bond motifs is 1. The number of nitrogens with one attached hydrogen (secondary N) is 1. The van der Waals surface area contributed by atoms with E-state index in [-0.39, 0.29) is 0 Å². The van der Waals surface area contributed by atoms with Crippen LogP contribution in [0.25, 0.3) is 0 Å². The molecule has 0 unspecified atom stereocenters. The largest absolute Gasteiger partial charge is 0.462 e. The Kier molecular flexibility index (Phi) is 6.46. The fraction of sp³-hybridized carbons (Fsp3) is 0.600. The highest BCUT2D eigenvalue weighted by Crippen LogP contribution is 2.31. The average molecular weight is 437 g/mol. The number of piperazine rings is 1. The van der Waals surface area contributed by atoms with Gasteiger partial charge in [0.15, 0.2) is 0 Å². The van der Waals surface area contributed by atoms with Crippen LogP contribution in [0.4, 0.5) is 11.5 Å². The van der Waals surface area contributed by atoms with Crippen molar-refractivity contribution in [1.82, 2.24) is 20.2 Å². The van der Waals surface area contributed by atoms with Crippen molar-refractivity contribution in [2.45, 2.75) is 45.2 Å². The SMILES string of the molecule is Cc1ccccc1N1CCCc2c(nc(OC[C@@H]3CCCN3C)nc2N2CCNCC2)C1. The van der Waals surface area contributed by atoms with Gasteiger partial charge in [-0.25, -0.2) is 0 Å². The van der Waals surface area contributed by atoms with Gasteiger partial charge in [-0.1, -0.05) is 18.2 Å². The van der Waals surface area contributed by atoms with Crippen LogP contribution in [0, 0.1) is 6.92 Å². The molecule has 2 fully saturated rings. The number of ether oxygens (including phenoxy) is 1. The molecule has 0 amide bonds. The molecule has 0 spiro atoms. The summed E-state index contributed by atoms with van der Waals surface area (Å²) in [6.07, 6.45) is 4.56. The number of aromatic nitrogens is 2. The summed E-state index contributed by atoms with van der Waals surface area (Å²) in [6, 6.07) is 9.67. The molecule has 1 N–H and O–H groups in total. The van der Waals surface area contributed by atoms with E-state index in [0.717, 1.165) is 70.2 Å². The molecule has 7 nitrogen and oxygen atoms in total. The van der Waals surface area contributed by atoms with Crippen molar-refractivity contribution in [3.63, 3.8) is 0 Å². The van der Waals surface area contributed by atoms with Crippen LogP contribution < -0.4 is 19.9 Å². The molecule has 1 aromatic heterocycles. The number of hydrogen-bond acceptors (Lipinski definition) is 7. The molecule has 3 aliphatic heterocycles. The van der Waals surface area contributed by atoms with E-state index < -0.39 is 0 Å². The first-order chi connectivity index (χ1) is 15.7. The maximum Gasteiger partial charge on any atom is 0.318 e. The Balaban J connectivity index is 1.46. The Hall–Kier alpha value is -2.38. The first-order valence-corrected chi connectivity index (χ1v) is 12.2. The van der Waals surface area contributed by atoms with E-state index >= 15 is 0 Å². The van der Waals surface area contributed by atoms with E-state index in [2.05, 4.69) is 58.3 Å². The molecule has 32 heavy (non-hydrogen) atoms. The standard InChI is InChI=1S/C25H36N6O/c1-19-7-3-4-10-23(19)31-14-6-9-21-22(17-31)27-25(32-18-20-8-5-13-29(20)2)28-24(21)30-15-11-26-12-16-30/h3-4,7,10,20,26H,5-6,8-9,11-18H2,1-2H3/t20-/m0/s1. The summed E-state index contributed by atoms with van der Waals surface area (Å²) in [5, 5.41) is 3.46. The van der Waals surface area contributed by atoms with E-state index in [1.54, 1.807) is 0 Å². The van der Waals surface area contributed by atoms with Gasteiger partial charge < -0.3 is 24.8 Å². The van der Waals surface area contributed by atoms with E-state index in [0.29, 0.717) is 18.7 Å². The smallest absolute Gasteiger partial charge is 0.318 e. The summed E-state index contributed by atoms with van der Waals surface area (Å²) in [6.45, 7) is 9.81. The Morgan fingerprint density at radius 2 is 1.88 bits per heavy atom. The summed E-state index contributed by atoms with van der Waals surface area (Å²) in [5.41, 5.74) is 5.06. The van der Waals surface area contributed by atoms with Gasteiger partial charge in [-0.05, 0) is 57.8 Å². The van der Waals surface area contributed by atoms with Gasteiger partial charge in [0.2, 0.25) is 0 Å². The fourth-order valence-electron chi connectivity index (χ4n) is 5.28. The molecule has 3 aliphatic rings. The molecule has 0 bridgehead atoms. The van der Waals surface area contributed by atoms with E-state index in [9.17, 15) is 0 Å². The van der Waals surface area contributed by atoms with E-state index in [4.69, 9.17) is 14.7 Å². The number of aryl methyl sites for hydroxylation is 1. The Bertz CT molecular complexity index is 929. The molecule has 1 aromatic carbocycles. The molecule has 7 heteroatoms. The number of benzene rings is 1. The monoisotopic (exact) mass is 436 g/mol. The Morgan fingerprint density at radius 3 is 2.66 bits per heavy atom. The van der Waals surface area contributed by atoms with Gasteiger partial charge in [0.25, 0.3) is 0 Å². The van der Waals surface area contributed by atoms with Crippen molar-refractivity contribution in [2.24, 2.45) is 0 Å². The first kappa shape index (κ1) is 21.5. The van der Waals surface area contributed by atoms with Crippen LogP contribution in [0.1, 0.15) is 36.1 Å². The maximum absolute atomic E-state index is 6.24. The third-order valence-corrected chi connectivity index (χ3v) is 7.19. The lowest BCUT2D eigenvalue weighted by molar-refractivity contribution is 0.187. The third-order valence-electron chi connectivity index (χ3n) is 7.19. The molecule has 0 aliphatic carbocycles. The molecule has 1 atom stereocenters. The van der Waals surface area contributed by atoms with Crippen molar-refractivity contribution < 1.29 is 4.74 Å². The lowest BCUT2D eigenvalue weighted by Crippen LogP contribution is -2.44. The van der Waals surface area contributed by atoms with Gasteiger partial charge >= 0.3 is 6.01 Å². The number of nitrogens with zero attached hydrogens (tertiary/aromatic N) is 5. The quantitative estimate of drug-likeness (QED) is 0.773. The number of hydrogen-bond donors (Lipinski definition) is 1. The zero-order chi connectivity index (χ0) is 21.9. The van der Waals surface area contributed by atoms with Crippen molar-refractivity contribution in [2.75, 3.05) is 62.7 Å². The number of rotatable bonds is 5. The number of anilines is 2. The number of likely N-dealkylation sites (tertiary alicyclic amines) is 1. The van der Waals surface area contributed by atoms with Crippen LogP contribution in [0.15, 0.2) is 24.3 Å². The topological polar surface area (TPSA) is 56.8 Å². The normalized spacial score (nSPS) is 22.0. The summed E-state index contributed by atoms with van der Waals surface area (Å²) in [5.74, 6) is 1.10.